The number of hydrogen-bond donors (Lipinski definition) is 1. The first-order valence-corrected chi connectivity index (χ1v) is 11.1. The smallest absolute Gasteiger partial charge is 0.199 e. The summed E-state index contributed by atoms with van der Waals surface area (Å²) in [5, 5.41) is 0. The molecular formula is C22H17F3N5O3S-. The van der Waals surface area contributed by atoms with Gasteiger partial charge in [-0.15, -0.1) is 0 Å². The van der Waals surface area contributed by atoms with Crippen LogP contribution in [-0.2, 0) is 17.7 Å². The molecule has 4 aromatic rings. The van der Waals surface area contributed by atoms with Crippen molar-refractivity contribution in [2.45, 2.75) is 19.8 Å². The first-order valence-electron chi connectivity index (χ1n) is 10.1. The van der Waals surface area contributed by atoms with Gasteiger partial charge in [0.1, 0.15) is 12.1 Å². The average molecular weight is 488 g/mol. The molecule has 0 amide bonds. The third-order valence-corrected chi connectivity index (χ3v) is 5.60. The van der Waals surface area contributed by atoms with E-state index in [1.165, 1.54) is 24.4 Å². The standard InChI is InChI=1S/C22H18F3N5O3S/c1-12-9-26-11-30(12)18-10-27-16-5-4-14(8-17(16)29-18)22(31)19-20(24)13(7-15(23)21(19)25)3-2-6-28-34(32)33/h4-5,7-11,28H,2-3,6H2,1H3,(H,32,33)/p-1. The normalized spacial score (nSPS) is 12.3. The van der Waals surface area contributed by atoms with Crippen LogP contribution in [0.2, 0.25) is 0 Å². The second-order valence-electron chi connectivity index (χ2n) is 7.42. The first kappa shape index (κ1) is 23.7. The van der Waals surface area contributed by atoms with Crippen LogP contribution in [0.1, 0.15) is 33.6 Å². The number of nitrogens with one attached hydrogen (secondary N) is 1. The molecule has 2 aromatic heterocycles. The Kier molecular flexibility index (Phi) is 6.82. The van der Waals surface area contributed by atoms with Gasteiger partial charge in [0, 0.05) is 35.3 Å². The summed E-state index contributed by atoms with van der Waals surface area (Å²) < 4.78 is 68.6. The van der Waals surface area contributed by atoms with Crippen molar-refractivity contribution in [3.05, 3.63) is 82.8 Å². The molecule has 0 aliphatic carbocycles. The number of benzene rings is 2. The van der Waals surface area contributed by atoms with Crippen LogP contribution in [0.3, 0.4) is 0 Å². The SMILES string of the molecule is Cc1cncn1-c1cnc2ccc(C(=O)c3c(F)c(F)cc(CCCNS(=O)[O-])c3F)cc2n1. The number of nitrogens with zero attached hydrogens (tertiary/aromatic N) is 4. The van der Waals surface area contributed by atoms with Gasteiger partial charge in [0.05, 0.1) is 22.8 Å². The summed E-state index contributed by atoms with van der Waals surface area (Å²) >= 11 is -2.50. The van der Waals surface area contributed by atoms with E-state index in [2.05, 4.69) is 19.7 Å². The minimum absolute atomic E-state index is 0.0279. The number of fused-ring (bicyclic) bond motifs is 1. The predicted octanol–water partition coefficient (Wildman–Crippen LogP) is 3.09. The van der Waals surface area contributed by atoms with Crippen LogP contribution in [0.25, 0.3) is 16.9 Å². The quantitative estimate of drug-likeness (QED) is 0.177. The number of rotatable bonds is 8. The van der Waals surface area contributed by atoms with Gasteiger partial charge in [0.2, 0.25) is 0 Å². The number of aryl methyl sites for hydroxylation is 2. The Morgan fingerprint density at radius 1 is 1.15 bits per heavy atom. The molecule has 0 saturated carbocycles. The zero-order valence-corrected chi connectivity index (χ0v) is 18.5. The molecule has 0 fully saturated rings. The van der Waals surface area contributed by atoms with Gasteiger partial charge in [-0.3, -0.25) is 18.6 Å². The number of carbonyl (C=O) groups excluding carboxylic acids is 1. The maximum Gasteiger partial charge on any atom is 0.199 e. The third-order valence-electron chi connectivity index (χ3n) is 5.16. The minimum Gasteiger partial charge on any atom is -0.760 e. The van der Waals surface area contributed by atoms with Crippen LogP contribution in [-0.4, -0.2) is 40.6 Å². The Hall–Kier alpha value is -3.48. The van der Waals surface area contributed by atoms with E-state index < -0.39 is 40.1 Å². The molecule has 0 spiro atoms. The Balaban J connectivity index is 1.69. The predicted molar refractivity (Wildman–Crippen MR) is 116 cm³/mol. The summed E-state index contributed by atoms with van der Waals surface area (Å²) in [7, 11) is 0. The van der Waals surface area contributed by atoms with E-state index in [-0.39, 0.29) is 30.5 Å². The molecule has 0 radical (unpaired) electrons. The monoisotopic (exact) mass is 488 g/mol. The fraction of sp³-hybridized carbons (Fsp3) is 0.182. The molecule has 2 aromatic carbocycles. The van der Waals surface area contributed by atoms with Crippen LogP contribution in [0.15, 0.2) is 43.0 Å². The lowest BCUT2D eigenvalue weighted by molar-refractivity contribution is 0.102. The summed E-state index contributed by atoms with van der Waals surface area (Å²) in [4.78, 5) is 25.8. The molecule has 4 rings (SSSR count). The Morgan fingerprint density at radius 2 is 1.94 bits per heavy atom. The molecular weight excluding hydrogens is 471 g/mol. The van der Waals surface area contributed by atoms with Gasteiger partial charge in [0.15, 0.2) is 23.2 Å². The molecule has 0 saturated heterocycles. The number of aromatic nitrogens is 4. The van der Waals surface area contributed by atoms with E-state index in [0.717, 1.165) is 5.69 Å². The van der Waals surface area contributed by atoms with Gasteiger partial charge in [-0.25, -0.2) is 27.9 Å². The molecule has 0 aliphatic rings. The molecule has 176 valence electrons. The topological polar surface area (TPSA) is 113 Å². The van der Waals surface area contributed by atoms with Gasteiger partial charge in [-0.05, 0) is 49.6 Å². The number of carbonyl (C=O) groups is 1. The fourth-order valence-electron chi connectivity index (χ4n) is 3.48. The van der Waals surface area contributed by atoms with Crippen molar-refractivity contribution in [1.82, 2.24) is 24.2 Å². The maximum atomic E-state index is 15.0. The van der Waals surface area contributed by atoms with Crippen molar-refractivity contribution in [3.8, 4) is 5.82 Å². The largest absolute Gasteiger partial charge is 0.760 e. The van der Waals surface area contributed by atoms with E-state index in [4.69, 9.17) is 0 Å². The zero-order chi connectivity index (χ0) is 24.4. The van der Waals surface area contributed by atoms with Gasteiger partial charge < -0.3 is 4.55 Å². The van der Waals surface area contributed by atoms with Crippen molar-refractivity contribution in [2.75, 3.05) is 6.54 Å². The third kappa shape index (κ3) is 4.74. The molecule has 1 atom stereocenters. The number of halogens is 3. The molecule has 1 N–H and O–H groups in total. The summed E-state index contributed by atoms with van der Waals surface area (Å²) in [6.07, 6.45) is 4.71. The highest BCUT2D eigenvalue weighted by Crippen LogP contribution is 2.25. The van der Waals surface area contributed by atoms with Crippen molar-refractivity contribution in [1.29, 1.82) is 0 Å². The minimum atomic E-state index is -2.50. The first-order chi connectivity index (χ1) is 16.3. The lowest BCUT2D eigenvalue weighted by atomic mass is 9.97. The lowest BCUT2D eigenvalue weighted by Crippen LogP contribution is -2.18. The maximum absolute atomic E-state index is 15.0. The van der Waals surface area contributed by atoms with Crippen LogP contribution >= 0.6 is 0 Å². The van der Waals surface area contributed by atoms with E-state index >= 15 is 4.39 Å². The number of ketones is 1. The fourth-order valence-corrected chi connectivity index (χ4v) is 3.79. The molecule has 1 unspecified atom stereocenters. The van der Waals surface area contributed by atoms with Crippen molar-refractivity contribution >= 4 is 28.1 Å². The second-order valence-corrected chi connectivity index (χ2v) is 8.18. The zero-order valence-electron chi connectivity index (χ0n) is 17.7. The van der Waals surface area contributed by atoms with Crippen molar-refractivity contribution in [2.24, 2.45) is 0 Å². The van der Waals surface area contributed by atoms with Crippen LogP contribution < -0.4 is 4.72 Å². The van der Waals surface area contributed by atoms with E-state index in [0.29, 0.717) is 22.9 Å². The number of hydrogen-bond acceptors (Lipinski definition) is 6. The highest BCUT2D eigenvalue weighted by Gasteiger charge is 2.25. The molecule has 2 heterocycles. The molecule has 12 heteroatoms. The summed E-state index contributed by atoms with van der Waals surface area (Å²) in [6, 6.07) is 4.81. The lowest BCUT2D eigenvalue weighted by Gasteiger charge is -2.12. The Labute approximate surface area is 194 Å². The van der Waals surface area contributed by atoms with Gasteiger partial charge in [-0.1, -0.05) is 0 Å². The molecule has 0 aliphatic heterocycles. The molecule has 0 bridgehead atoms. The summed E-state index contributed by atoms with van der Waals surface area (Å²) in [5.41, 5.74) is 0.185. The van der Waals surface area contributed by atoms with E-state index in [9.17, 15) is 22.3 Å². The van der Waals surface area contributed by atoms with Gasteiger partial charge >= 0.3 is 0 Å². The van der Waals surface area contributed by atoms with Gasteiger partial charge in [-0.2, -0.15) is 0 Å². The van der Waals surface area contributed by atoms with E-state index in [1.54, 1.807) is 17.1 Å². The Bertz CT molecular complexity index is 1430. The second kappa shape index (κ2) is 9.79. The Morgan fingerprint density at radius 3 is 2.65 bits per heavy atom. The van der Waals surface area contributed by atoms with Crippen LogP contribution in [0, 0.1) is 24.4 Å². The summed E-state index contributed by atoms with van der Waals surface area (Å²) in [6.45, 7) is 1.79. The van der Waals surface area contributed by atoms with Crippen LogP contribution in [0.5, 0.6) is 0 Å². The molecule has 8 nitrogen and oxygen atoms in total. The highest BCUT2D eigenvalue weighted by molar-refractivity contribution is 7.77. The molecule has 34 heavy (non-hydrogen) atoms. The van der Waals surface area contributed by atoms with E-state index in [1.807, 2.05) is 6.92 Å². The van der Waals surface area contributed by atoms with Gasteiger partial charge in [0.25, 0.3) is 0 Å². The van der Waals surface area contributed by atoms with Crippen molar-refractivity contribution in [3.63, 3.8) is 0 Å². The van der Waals surface area contributed by atoms with Crippen LogP contribution in [0.4, 0.5) is 13.2 Å². The number of imidazole rings is 1. The highest BCUT2D eigenvalue weighted by atomic mass is 32.2. The van der Waals surface area contributed by atoms with Crippen molar-refractivity contribution < 1.29 is 26.7 Å². The average Bonchev–Trinajstić information content (AvgIpc) is 3.24. The summed E-state index contributed by atoms with van der Waals surface area (Å²) in [5.74, 6) is -4.79.